The Bertz CT molecular complexity index is 478. The maximum atomic E-state index is 13.3. The highest BCUT2D eigenvalue weighted by Gasteiger charge is 2.26. The maximum absolute atomic E-state index is 13.3. The summed E-state index contributed by atoms with van der Waals surface area (Å²) in [6.45, 7) is 5.27. The Morgan fingerprint density at radius 1 is 1.32 bits per heavy atom. The van der Waals surface area contributed by atoms with Crippen molar-refractivity contribution in [1.29, 1.82) is 5.26 Å². The van der Waals surface area contributed by atoms with E-state index in [9.17, 15) is 4.39 Å². The molecular weight excluding hydrogens is 239 g/mol. The third-order valence-electron chi connectivity index (χ3n) is 4.02. The van der Waals surface area contributed by atoms with Crippen LogP contribution in [0.4, 0.5) is 4.39 Å². The van der Waals surface area contributed by atoms with E-state index in [1.54, 1.807) is 6.07 Å². The van der Waals surface area contributed by atoms with Crippen molar-refractivity contribution in [2.75, 3.05) is 0 Å². The van der Waals surface area contributed by atoms with Gasteiger partial charge in [-0.05, 0) is 54.9 Å². The second kappa shape index (κ2) is 5.71. The van der Waals surface area contributed by atoms with Crippen molar-refractivity contribution < 1.29 is 4.39 Å². The van der Waals surface area contributed by atoms with Crippen LogP contribution < -0.4 is 5.32 Å². The fourth-order valence-corrected chi connectivity index (χ4v) is 2.68. The van der Waals surface area contributed by atoms with Gasteiger partial charge in [-0.1, -0.05) is 13.8 Å². The first-order valence-corrected chi connectivity index (χ1v) is 6.91. The number of nitrogens with one attached hydrogen (secondary N) is 1. The molecule has 1 aromatic carbocycles. The fourth-order valence-electron chi connectivity index (χ4n) is 2.68. The molecule has 0 heterocycles. The quantitative estimate of drug-likeness (QED) is 0.898. The third-order valence-corrected chi connectivity index (χ3v) is 4.02. The molecule has 19 heavy (non-hydrogen) atoms. The molecule has 1 N–H and O–H groups in total. The number of nitriles is 1. The van der Waals surface area contributed by atoms with E-state index in [-0.39, 0.29) is 5.82 Å². The zero-order valence-corrected chi connectivity index (χ0v) is 11.7. The van der Waals surface area contributed by atoms with Gasteiger partial charge in [-0.2, -0.15) is 5.26 Å². The minimum Gasteiger partial charge on any atom is -0.310 e. The van der Waals surface area contributed by atoms with Gasteiger partial charge in [-0.15, -0.1) is 0 Å². The van der Waals surface area contributed by atoms with Crippen LogP contribution in [0, 0.1) is 22.6 Å². The van der Waals surface area contributed by atoms with E-state index in [0.717, 1.165) is 5.56 Å². The van der Waals surface area contributed by atoms with Gasteiger partial charge in [0.25, 0.3) is 0 Å². The molecule has 0 aliphatic heterocycles. The van der Waals surface area contributed by atoms with Gasteiger partial charge in [-0.3, -0.25) is 0 Å². The van der Waals surface area contributed by atoms with Crippen molar-refractivity contribution in [3.63, 3.8) is 0 Å². The predicted molar refractivity (Wildman–Crippen MR) is 74.0 cm³/mol. The van der Waals surface area contributed by atoms with Crippen molar-refractivity contribution in [2.45, 2.75) is 52.1 Å². The summed E-state index contributed by atoms with van der Waals surface area (Å²) in [6.07, 6.45) is 4.81. The van der Waals surface area contributed by atoms with Crippen molar-refractivity contribution in [3.8, 4) is 6.07 Å². The molecule has 0 atom stereocenters. The molecule has 3 heteroatoms. The summed E-state index contributed by atoms with van der Waals surface area (Å²) < 4.78 is 13.3. The number of benzene rings is 1. The minimum absolute atomic E-state index is 0.333. The summed E-state index contributed by atoms with van der Waals surface area (Å²) in [6, 6.07) is 7.03. The molecule has 2 nitrogen and oxygen atoms in total. The molecule has 0 aromatic heterocycles. The van der Waals surface area contributed by atoms with E-state index in [2.05, 4.69) is 19.2 Å². The van der Waals surface area contributed by atoms with E-state index in [1.165, 1.54) is 37.8 Å². The zero-order valence-electron chi connectivity index (χ0n) is 11.7. The topological polar surface area (TPSA) is 35.8 Å². The first-order chi connectivity index (χ1) is 8.98. The Morgan fingerprint density at radius 3 is 2.63 bits per heavy atom. The first-order valence-electron chi connectivity index (χ1n) is 6.91. The number of rotatable bonds is 3. The van der Waals surface area contributed by atoms with Gasteiger partial charge >= 0.3 is 0 Å². The van der Waals surface area contributed by atoms with Crippen LogP contribution in [0.2, 0.25) is 0 Å². The highest BCUT2D eigenvalue weighted by molar-refractivity contribution is 5.33. The number of nitrogens with zero attached hydrogens (tertiary/aromatic N) is 1. The van der Waals surface area contributed by atoms with Crippen molar-refractivity contribution in [3.05, 3.63) is 35.1 Å². The molecule has 0 radical (unpaired) electrons. The molecule has 1 aliphatic rings. The number of halogens is 1. The van der Waals surface area contributed by atoms with Crippen LogP contribution in [0.15, 0.2) is 18.2 Å². The standard InChI is InChI=1S/C16H21FN2/c1-16(2)5-3-15(4-6-16)19-11-13-7-12(10-18)8-14(17)9-13/h7-9,15,19H,3-6,11H2,1-2H3. The highest BCUT2D eigenvalue weighted by Crippen LogP contribution is 2.35. The SMILES string of the molecule is CC1(C)CCC(NCc2cc(F)cc(C#N)c2)CC1. The molecule has 0 bridgehead atoms. The molecule has 1 fully saturated rings. The van der Waals surface area contributed by atoms with E-state index in [0.29, 0.717) is 23.6 Å². The molecule has 102 valence electrons. The van der Waals surface area contributed by atoms with Gasteiger partial charge < -0.3 is 5.32 Å². The van der Waals surface area contributed by atoms with E-state index in [4.69, 9.17) is 5.26 Å². The first kappa shape index (κ1) is 14.0. The fraction of sp³-hybridized carbons (Fsp3) is 0.562. The second-order valence-corrected chi connectivity index (χ2v) is 6.28. The third kappa shape index (κ3) is 4.04. The van der Waals surface area contributed by atoms with Crippen LogP contribution in [-0.4, -0.2) is 6.04 Å². The number of hydrogen-bond donors (Lipinski definition) is 1. The molecule has 1 aromatic rings. The lowest BCUT2D eigenvalue weighted by atomic mass is 9.75. The Balaban J connectivity index is 1.90. The van der Waals surface area contributed by atoms with E-state index >= 15 is 0 Å². The van der Waals surface area contributed by atoms with Gasteiger partial charge in [0.2, 0.25) is 0 Å². The van der Waals surface area contributed by atoms with Crippen molar-refractivity contribution in [1.82, 2.24) is 5.32 Å². The monoisotopic (exact) mass is 260 g/mol. The lowest BCUT2D eigenvalue weighted by Gasteiger charge is -2.34. The Morgan fingerprint density at radius 2 is 2.00 bits per heavy atom. The predicted octanol–water partition coefficient (Wildman–Crippen LogP) is 3.76. The van der Waals surface area contributed by atoms with Gasteiger partial charge in [-0.25, -0.2) is 4.39 Å². The van der Waals surface area contributed by atoms with Crippen LogP contribution in [-0.2, 0) is 6.54 Å². The molecule has 0 unspecified atom stereocenters. The molecule has 0 amide bonds. The largest absolute Gasteiger partial charge is 0.310 e. The van der Waals surface area contributed by atoms with Crippen molar-refractivity contribution in [2.24, 2.45) is 5.41 Å². The van der Waals surface area contributed by atoms with Crippen LogP contribution in [0.3, 0.4) is 0 Å². The Labute approximate surface area is 114 Å². The van der Waals surface area contributed by atoms with Crippen LogP contribution >= 0.6 is 0 Å². The molecule has 0 saturated heterocycles. The average molecular weight is 260 g/mol. The van der Waals surface area contributed by atoms with Crippen LogP contribution in [0.5, 0.6) is 0 Å². The molecule has 1 aliphatic carbocycles. The Kier molecular flexibility index (Phi) is 4.21. The minimum atomic E-state index is -0.333. The van der Waals surface area contributed by atoms with Gasteiger partial charge in [0.15, 0.2) is 0 Å². The lowest BCUT2D eigenvalue weighted by molar-refractivity contribution is 0.206. The molecule has 0 spiro atoms. The van der Waals surface area contributed by atoms with Gasteiger partial charge in [0.05, 0.1) is 11.6 Å². The highest BCUT2D eigenvalue weighted by atomic mass is 19.1. The van der Waals surface area contributed by atoms with Gasteiger partial charge in [0, 0.05) is 12.6 Å². The lowest BCUT2D eigenvalue weighted by Crippen LogP contribution is -2.35. The summed E-state index contributed by atoms with van der Waals surface area (Å²) in [7, 11) is 0. The summed E-state index contributed by atoms with van der Waals surface area (Å²) in [5.41, 5.74) is 1.70. The Hall–Kier alpha value is -1.40. The summed E-state index contributed by atoms with van der Waals surface area (Å²) in [5, 5.41) is 12.3. The number of hydrogen-bond acceptors (Lipinski definition) is 2. The second-order valence-electron chi connectivity index (χ2n) is 6.28. The zero-order chi connectivity index (χ0) is 13.9. The normalized spacial score (nSPS) is 19.1. The summed E-state index contributed by atoms with van der Waals surface area (Å²) in [4.78, 5) is 0. The van der Waals surface area contributed by atoms with Crippen LogP contribution in [0.25, 0.3) is 0 Å². The maximum Gasteiger partial charge on any atom is 0.124 e. The van der Waals surface area contributed by atoms with E-state index in [1.807, 2.05) is 6.07 Å². The van der Waals surface area contributed by atoms with E-state index < -0.39 is 0 Å². The van der Waals surface area contributed by atoms with Crippen LogP contribution in [0.1, 0.15) is 50.7 Å². The van der Waals surface area contributed by atoms with Gasteiger partial charge in [0.1, 0.15) is 5.82 Å². The molecule has 2 rings (SSSR count). The smallest absolute Gasteiger partial charge is 0.124 e. The molecular formula is C16H21FN2. The average Bonchev–Trinajstić information content (AvgIpc) is 2.37. The summed E-state index contributed by atoms with van der Waals surface area (Å²) >= 11 is 0. The summed E-state index contributed by atoms with van der Waals surface area (Å²) in [5.74, 6) is -0.333. The molecule has 1 saturated carbocycles. The van der Waals surface area contributed by atoms with Crippen molar-refractivity contribution >= 4 is 0 Å².